The zero-order valence-electron chi connectivity index (χ0n) is 15.4. The van der Waals surface area contributed by atoms with E-state index in [-0.39, 0.29) is 17.1 Å². The Morgan fingerprint density at radius 1 is 1.08 bits per heavy atom. The lowest BCUT2D eigenvalue weighted by atomic mass is 9.87. The number of aromatic hydroxyl groups is 1. The highest BCUT2D eigenvalue weighted by Gasteiger charge is 2.18. The molecule has 0 bridgehead atoms. The van der Waals surface area contributed by atoms with Gasteiger partial charge >= 0.3 is 0 Å². The van der Waals surface area contributed by atoms with E-state index in [1.165, 1.54) is 23.5 Å². The minimum absolute atomic E-state index is 0.0514. The molecule has 0 aliphatic carbocycles. The second kappa shape index (κ2) is 7.97. The molecule has 2 N–H and O–H groups in total. The summed E-state index contributed by atoms with van der Waals surface area (Å²) >= 11 is 3.94. The van der Waals surface area contributed by atoms with E-state index in [1.54, 1.807) is 6.07 Å². The van der Waals surface area contributed by atoms with Gasteiger partial charge in [-0.05, 0) is 58.7 Å². The number of carbonyl (C=O) groups excluding carboxylic acids is 1. The van der Waals surface area contributed by atoms with E-state index in [2.05, 4.69) is 26.1 Å². The third-order valence-electron chi connectivity index (χ3n) is 4.38. The van der Waals surface area contributed by atoms with Gasteiger partial charge in [-0.15, -0.1) is 23.5 Å². The van der Waals surface area contributed by atoms with Crippen LogP contribution >= 0.6 is 23.5 Å². The van der Waals surface area contributed by atoms with Gasteiger partial charge < -0.3 is 10.4 Å². The van der Waals surface area contributed by atoms with Gasteiger partial charge in [-0.25, -0.2) is 0 Å². The summed E-state index contributed by atoms with van der Waals surface area (Å²) in [5, 5.41) is 12.9. The maximum atomic E-state index is 12.6. The Bertz CT molecular complexity index is 776. The van der Waals surface area contributed by atoms with Crippen LogP contribution in [0.15, 0.2) is 42.5 Å². The van der Waals surface area contributed by atoms with Crippen molar-refractivity contribution in [1.82, 2.24) is 0 Å². The fourth-order valence-electron chi connectivity index (χ4n) is 2.77. The fourth-order valence-corrected chi connectivity index (χ4v) is 5.66. The maximum Gasteiger partial charge on any atom is 0.255 e. The molecule has 1 fully saturated rings. The number of carbonyl (C=O) groups is 1. The SMILES string of the molecule is CC(C)(C)c1ccc(O)c(NC(=O)c2ccc(C3SCCCS3)cc2)c1. The van der Waals surface area contributed by atoms with Crippen LogP contribution in [0.2, 0.25) is 0 Å². The van der Waals surface area contributed by atoms with E-state index >= 15 is 0 Å². The van der Waals surface area contributed by atoms with Gasteiger partial charge in [0, 0.05) is 5.56 Å². The molecule has 0 spiro atoms. The number of phenolic OH excluding ortho intramolecular Hbond substituents is 1. The number of phenols is 1. The smallest absolute Gasteiger partial charge is 0.255 e. The van der Waals surface area contributed by atoms with Crippen molar-refractivity contribution in [3.05, 3.63) is 59.2 Å². The Balaban J connectivity index is 1.74. The monoisotopic (exact) mass is 387 g/mol. The normalized spacial score (nSPS) is 15.7. The molecule has 2 aromatic carbocycles. The minimum atomic E-state index is -0.207. The van der Waals surface area contributed by atoms with Crippen LogP contribution in [0.3, 0.4) is 0 Å². The predicted molar refractivity (Wildman–Crippen MR) is 113 cm³/mol. The van der Waals surface area contributed by atoms with Crippen LogP contribution in [0, 0.1) is 0 Å². The third-order valence-corrected chi connectivity index (χ3v) is 7.40. The van der Waals surface area contributed by atoms with Crippen molar-refractivity contribution in [3.8, 4) is 5.75 Å². The molecule has 0 atom stereocenters. The van der Waals surface area contributed by atoms with E-state index in [9.17, 15) is 9.90 Å². The van der Waals surface area contributed by atoms with Crippen LogP contribution < -0.4 is 5.32 Å². The first-order chi connectivity index (χ1) is 12.3. The Morgan fingerprint density at radius 3 is 2.35 bits per heavy atom. The lowest BCUT2D eigenvalue weighted by Gasteiger charge is -2.21. The number of thioether (sulfide) groups is 2. The largest absolute Gasteiger partial charge is 0.506 e. The molecule has 1 aliphatic rings. The topological polar surface area (TPSA) is 49.3 Å². The molecule has 26 heavy (non-hydrogen) atoms. The molecule has 5 heteroatoms. The quantitative estimate of drug-likeness (QED) is 0.653. The Morgan fingerprint density at radius 2 is 1.73 bits per heavy atom. The molecule has 0 saturated carbocycles. The van der Waals surface area contributed by atoms with Crippen molar-refractivity contribution < 1.29 is 9.90 Å². The third kappa shape index (κ3) is 4.57. The molecule has 138 valence electrons. The van der Waals surface area contributed by atoms with E-state index in [0.717, 1.165) is 5.56 Å². The summed E-state index contributed by atoms with van der Waals surface area (Å²) in [4.78, 5) is 12.6. The molecule has 3 rings (SSSR count). The average molecular weight is 388 g/mol. The first-order valence-electron chi connectivity index (χ1n) is 8.82. The Kier molecular flexibility index (Phi) is 5.88. The van der Waals surface area contributed by atoms with Gasteiger partial charge in [-0.2, -0.15) is 0 Å². The van der Waals surface area contributed by atoms with Crippen LogP contribution in [0.25, 0.3) is 0 Å². The molecule has 3 nitrogen and oxygen atoms in total. The van der Waals surface area contributed by atoms with Crippen LogP contribution in [0.1, 0.15) is 53.3 Å². The molecular formula is C21H25NO2S2. The van der Waals surface area contributed by atoms with Crippen molar-refractivity contribution in [2.24, 2.45) is 0 Å². The standard InChI is InChI=1S/C21H25NO2S2/c1-21(2,3)16-9-10-18(23)17(13-16)22-19(24)14-5-7-15(8-6-14)20-25-11-4-12-26-20/h5-10,13,20,23H,4,11-12H2,1-3H3,(H,22,24). The van der Waals surface area contributed by atoms with Crippen molar-refractivity contribution in [2.45, 2.75) is 37.2 Å². The lowest BCUT2D eigenvalue weighted by Crippen LogP contribution is -2.15. The molecule has 1 heterocycles. The van der Waals surface area contributed by atoms with Crippen LogP contribution in [-0.4, -0.2) is 22.5 Å². The lowest BCUT2D eigenvalue weighted by molar-refractivity contribution is 0.102. The summed E-state index contributed by atoms with van der Waals surface area (Å²) in [5.74, 6) is 2.27. The average Bonchev–Trinajstić information content (AvgIpc) is 2.63. The Labute approximate surface area is 164 Å². The fraction of sp³-hybridized carbons (Fsp3) is 0.381. The first-order valence-corrected chi connectivity index (χ1v) is 10.9. The number of amides is 1. The maximum absolute atomic E-state index is 12.6. The van der Waals surface area contributed by atoms with Crippen molar-refractivity contribution in [3.63, 3.8) is 0 Å². The number of rotatable bonds is 3. The molecule has 1 saturated heterocycles. The summed E-state index contributed by atoms with van der Waals surface area (Å²) in [6.45, 7) is 6.31. The molecule has 1 aliphatic heterocycles. The van der Waals surface area contributed by atoms with Gasteiger partial charge in [0.2, 0.25) is 0 Å². The number of hydrogen-bond acceptors (Lipinski definition) is 4. The highest BCUT2D eigenvalue weighted by molar-refractivity contribution is 8.16. The number of hydrogen-bond donors (Lipinski definition) is 2. The Hall–Kier alpha value is -1.59. The van der Waals surface area contributed by atoms with E-state index < -0.39 is 0 Å². The first kappa shape index (κ1) is 19.2. The van der Waals surface area contributed by atoms with E-state index in [1.807, 2.05) is 59.9 Å². The molecular weight excluding hydrogens is 362 g/mol. The zero-order valence-corrected chi connectivity index (χ0v) is 17.0. The number of benzene rings is 2. The van der Waals surface area contributed by atoms with Crippen LogP contribution in [0.4, 0.5) is 5.69 Å². The summed E-state index contributed by atoms with van der Waals surface area (Å²) in [6.07, 6.45) is 1.27. The van der Waals surface area contributed by atoms with Gasteiger partial charge in [0.25, 0.3) is 5.91 Å². The summed E-state index contributed by atoms with van der Waals surface area (Å²) < 4.78 is 0.466. The summed E-state index contributed by atoms with van der Waals surface area (Å²) in [7, 11) is 0. The summed E-state index contributed by atoms with van der Waals surface area (Å²) in [5.41, 5.74) is 3.32. The van der Waals surface area contributed by atoms with E-state index in [4.69, 9.17) is 0 Å². The zero-order chi connectivity index (χ0) is 18.7. The van der Waals surface area contributed by atoms with E-state index in [0.29, 0.717) is 15.8 Å². The molecule has 0 aromatic heterocycles. The highest BCUT2D eigenvalue weighted by atomic mass is 32.2. The molecule has 1 amide bonds. The van der Waals surface area contributed by atoms with Gasteiger partial charge in [-0.3, -0.25) is 4.79 Å². The predicted octanol–water partition coefficient (Wildman–Crippen LogP) is 5.81. The van der Waals surface area contributed by atoms with Gasteiger partial charge in [0.1, 0.15) is 5.75 Å². The van der Waals surface area contributed by atoms with Crippen molar-refractivity contribution in [2.75, 3.05) is 16.8 Å². The van der Waals surface area contributed by atoms with Crippen molar-refractivity contribution >= 4 is 35.1 Å². The summed E-state index contributed by atoms with van der Waals surface area (Å²) in [6, 6.07) is 13.2. The number of anilines is 1. The van der Waals surface area contributed by atoms with Crippen molar-refractivity contribution in [1.29, 1.82) is 0 Å². The molecule has 0 radical (unpaired) electrons. The van der Waals surface area contributed by atoms with Gasteiger partial charge in [-0.1, -0.05) is 39.0 Å². The minimum Gasteiger partial charge on any atom is -0.506 e. The van der Waals surface area contributed by atoms with Gasteiger partial charge in [0.05, 0.1) is 10.3 Å². The second-order valence-electron chi connectivity index (χ2n) is 7.49. The van der Waals surface area contributed by atoms with Crippen LogP contribution in [0.5, 0.6) is 5.75 Å². The highest BCUT2D eigenvalue weighted by Crippen LogP contribution is 2.43. The molecule has 2 aromatic rings. The second-order valence-corrected chi connectivity index (χ2v) is 10.2. The van der Waals surface area contributed by atoms with Gasteiger partial charge in [0.15, 0.2) is 0 Å². The number of nitrogens with one attached hydrogen (secondary N) is 1. The van der Waals surface area contributed by atoms with Crippen LogP contribution in [-0.2, 0) is 5.41 Å². The molecule has 0 unspecified atom stereocenters.